The summed E-state index contributed by atoms with van der Waals surface area (Å²) in [6, 6.07) is 0.105. The molecule has 0 amide bonds. The molecular formula is C18H33NO2. The second kappa shape index (κ2) is 11.0. The number of aliphatic hydroxyl groups excluding tert-OH is 1. The summed E-state index contributed by atoms with van der Waals surface area (Å²) >= 11 is 0. The van der Waals surface area contributed by atoms with E-state index in [4.69, 9.17) is 11.3 Å². The van der Waals surface area contributed by atoms with Gasteiger partial charge in [-0.05, 0) is 38.5 Å². The maximum absolute atomic E-state index is 10.0. The third kappa shape index (κ3) is 7.29. The highest BCUT2D eigenvalue weighted by atomic mass is 16.5. The Morgan fingerprint density at radius 1 is 1.10 bits per heavy atom. The van der Waals surface area contributed by atoms with Crippen molar-refractivity contribution < 1.29 is 9.84 Å². The standard InChI is InChI=1S/C18H33NO2/c1-4-5-6-7-8-16(20)11-14-18(19-2)15-9-12-17(21-3)13-10-15/h15-18,20H,4-14H2,1,3H3. The largest absolute Gasteiger partial charge is 0.393 e. The van der Waals surface area contributed by atoms with Crippen molar-refractivity contribution in [1.29, 1.82) is 0 Å². The normalized spacial score (nSPS) is 25.2. The summed E-state index contributed by atoms with van der Waals surface area (Å²) in [4.78, 5) is 3.84. The maximum Gasteiger partial charge on any atom is 0.226 e. The van der Waals surface area contributed by atoms with Gasteiger partial charge in [0.05, 0.1) is 12.2 Å². The highest BCUT2D eigenvalue weighted by Gasteiger charge is 2.31. The quantitative estimate of drug-likeness (QED) is 0.472. The Balaban J connectivity index is 2.20. The van der Waals surface area contributed by atoms with Crippen LogP contribution in [-0.2, 0) is 4.74 Å². The summed E-state index contributed by atoms with van der Waals surface area (Å²) in [7, 11) is 1.78. The monoisotopic (exact) mass is 295 g/mol. The van der Waals surface area contributed by atoms with Crippen molar-refractivity contribution in [2.24, 2.45) is 5.92 Å². The molecule has 2 unspecified atom stereocenters. The summed E-state index contributed by atoms with van der Waals surface area (Å²) in [6.45, 7) is 9.64. The van der Waals surface area contributed by atoms with Crippen LogP contribution in [-0.4, -0.2) is 30.5 Å². The molecule has 0 aliphatic heterocycles. The molecule has 0 radical (unpaired) electrons. The van der Waals surface area contributed by atoms with Crippen LogP contribution in [0.2, 0.25) is 0 Å². The molecule has 0 aromatic carbocycles. The zero-order valence-corrected chi connectivity index (χ0v) is 13.9. The maximum atomic E-state index is 10.0. The lowest BCUT2D eigenvalue weighted by atomic mass is 9.81. The molecule has 1 rings (SSSR count). The lowest BCUT2D eigenvalue weighted by molar-refractivity contribution is 0.0531. The fraction of sp³-hybridized carbons (Fsp3) is 0.944. The van der Waals surface area contributed by atoms with Crippen molar-refractivity contribution in [2.45, 2.75) is 95.8 Å². The van der Waals surface area contributed by atoms with Gasteiger partial charge in [0.25, 0.3) is 0 Å². The second-order valence-corrected chi connectivity index (χ2v) is 6.55. The predicted octanol–water partition coefficient (Wildman–Crippen LogP) is 4.59. The van der Waals surface area contributed by atoms with Gasteiger partial charge in [-0.15, -0.1) is 0 Å². The Bertz CT molecular complexity index is 292. The van der Waals surface area contributed by atoms with Crippen LogP contribution >= 0.6 is 0 Å². The van der Waals surface area contributed by atoms with Gasteiger partial charge in [-0.1, -0.05) is 32.6 Å². The smallest absolute Gasteiger partial charge is 0.226 e. The number of aliphatic hydroxyl groups is 1. The zero-order chi connectivity index (χ0) is 15.5. The van der Waals surface area contributed by atoms with Gasteiger partial charge >= 0.3 is 0 Å². The minimum atomic E-state index is -0.207. The topological polar surface area (TPSA) is 33.8 Å². The minimum Gasteiger partial charge on any atom is -0.393 e. The Morgan fingerprint density at radius 2 is 1.81 bits per heavy atom. The highest BCUT2D eigenvalue weighted by Crippen LogP contribution is 2.32. The van der Waals surface area contributed by atoms with E-state index in [-0.39, 0.29) is 12.1 Å². The predicted molar refractivity (Wildman–Crippen MR) is 87.1 cm³/mol. The van der Waals surface area contributed by atoms with Crippen molar-refractivity contribution in [3.63, 3.8) is 0 Å². The average molecular weight is 295 g/mol. The Labute approximate surface area is 130 Å². The highest BCUT2D eigenvalue weighted by molar-refractivity contribution is 4.89. The van der Waals surface area contributed by atoms with Crippen molar-refractivity contribution in [3.8, 4) is 0 Å². The van der Waals surface area contributed by atoms with Gasteiger partial charge in [0.15, 0.2) is 0 Å². The summed E-state index contributed by atoms with van der Waals surface area (Å²) in [5, 5.41) is 10.0. The number of rotatable bonds is 10. The molecule has 0 aromatic rings. The van der Waals surface area contributed by atoms with Gasteiger partial charge in [-0.3, -0.25) is 0 Å². The molecule has 1 saturated carbocycles. The summed E-state index contributed by atoms with van der Waals surface area (Å²) in [5.74, 6) is 0.515. The summed E-state index contributed by atoms with van der Waals surface area (Å²) in [5.41, 5.74) is 0. The van der Waals surface area contributed by atoms with Gasteiger partial charge in [-0.2, -0.15) is 0 Å². The number of ether oxygens (including phenoxy) is 1. The third-order valence-corrected chi connectivity index (χ3v) is 4.95. The van der Waals surface area contributed by atoms with Crippen LogP contribution in [0.5, 0.6) is 0 Å². The lowest BCUT2D eigenvalue weighted by Gasteiger charge is -2.28. The molecule has 21 heavy (non-hydrogen) atoms. The molecule has 1 aliphatic carbocycles. The molecule has 1 aliphatic rings. The van der Waals surface area contributed by atoms with Crippen LogP contribution in [0.4, 0.5) is 0 Å². The SMILES string of the molecule is [C-]#[N+]C(CCC(O)CCCCCC)C1CCC(OC)CC1. The van der Waals surface area contributed by atoms with Crippen molar-refractivity contribution in [1.82, 2.24) is 0 Å². The van der Waals surface area contributed by atoms with Gasteiger partial charge in [0.2, 0.25) is 6.04 Å². The minimum absolute atomic E-state index is 0.105. The van der Waals surface area contributed by atoms with E-state index in [0.29, 0.717) is 12.0 Å². The Hall–Kier alpha value is -0.590. The summed E-state index contributed by atoms with van der Waals surface area (Å²) in [6.07, 6.45) is 12.0. The molecular weight excluding hydrogens is 262 g/mol. The van der Waals surface area contributed by atoms with Crippen LogP contribution in [0.25, 0.3) is 4.85 Å². The number of hydrogen-bond donors (Lipinski definition) is 1. The molecule has 0 saturated heterocycles. The molecule has 1 fully saturated rings. The van der Waals surface area contributed by atoms with Gasteiger partial charge in [0.1, 0.15) is 0 Å². The first-order valence-corrected chi connectivity index (χ1v) is 8.78. The molecule has 2 atom stereocenters. The van der Waals surface area contributed by atoms with Crippen LogP contribution < -0.4 is 0 Å². The fourth-order valence-electron chi connectivity index (χ4n) is 3.43. The number of methoxy groups -OCH3 is 1. The third-order valence-electron chi connectivity index (χ3n) is 4.95. The lowest BCUT2D eigenvalue weighted by Crippen LogP contribution is -2.27. The van der Waals surface area contributed by atoms with Gasteiger partial charge < -0.3 is 14.7 Å². The molecule has 3 nitrogen and oxygen atoms in total. The van der Waals surface area contributed by atoms with E-state index in [2.05, 4.69) is 11.8 Å². The molecule has 0 bridgehead atoms. The molecule has 122 valence electrons. The molecule has 0 aromatic heterocycles. The number of hydrogen-bond acceptors (Lipinski definition) is 2. The molecule has 1 N–H and O–H groups in total. The first kappa shape index (κ1) is 18.5. The van der Waals surface area contributed by atoms with E-state index < -0.39 is 0 Å². The second-order valence-electron chi connectivity index (χ2n) is 6.55. The van der Waals surface area contributed by atoms with Crippen molar-refractivity contribution >= 4 is 0 Å². The zero-order valence-electron chi connectivity index (χ0n) is 13.9. The van der Waals surface area contributed by atoms with E-state index in [0.717, 1.165) is 51.4 Å². The number of unbranched alkanes of at least 4 members (excludes halogenated alkanes) is 3. The molecule has 3 heteroatoms. The average Bonchev–Trinajstić information content (AvgIpc) is 2.52. The van der Waals surface area contributed by atoms with E-state index in [1.165, 1.54) is 19.3 Å². The molecule has 0 spiro atoms. The first-order valence-electron chi connectivity index (χ1n) is 8.78. The number of nitrogens with zero attached hydrogens (tertiary/aromatic N) is 1. The van der Waals surface area contributed by atoms with Crippen molar-refractivity contribution in [2.75, 3.05) is 7.11 Å². The van der Waals surface area contributed by atoms with E-state index in [1.54, 1.807) is 7.11 Å². The van der Waals surface area contributed by atoms with Crippen LogP contribution in [0.3, 0.4) is 0 Å². The fourth-order valence-corrected chi connectivity index (χ4v) is 3.43. The van der Waals surface area contributed by atoms with Gasteiger partial charge in [0, 0.05) is 19.4 Å². The van der Waals surface area contributed by atoms with Crippen LogP contribution in [0, 0.1) is 12.5 Å². The Kier molecular flexibility index (Phi) is 9.70. The molecule has 0 heterocycles. The van der Waals surface area contributed by atoms with Gasteiger partial charge in [-0.25, -0.2) is 6.57 Å². The van der Waals surface area contributed by atoms with Crippen LogP contribution in [0.1, 0.15) is 77.6 Å². The van der Waals surface area contributed by atoms with E-state index in [9.17, 15) is 5.11 Å². The van der Waals surface area contributed by atoms with E-state index >= 15 is 0 Å². The van der Waals surface area contributed by atoms with E-state index in [1.807, 2.05) is 0 Å². The van der Waals surface area contributed by atoms with Crippen molar-refractivity contribution in [3.05, 3.63) is 11.4 Å². The Morgan fingerprint density at radius 3 is 2.38 bits per heavy atom. The summed E-state index contributed by atoms with van der Waals surface area (Å²) < 4.78 is 5.40. The first-order chi connectivity index (χ1) is 10.2. The van der Waals surface area contributed by atoms with Crippen LogP contribution in [0.15, 0.2) is 0 Å².